The molecule has 1 fully saturated rings. The summed E-state index contributed by atoms with van der Waals surface area (Å²) in [6.45, 7) is 19.4. The maximum absolute atomic E-state index is 12.8. The highest BCUT2D eigenvalue weighted by Crippen LogP contribution is 2.28. The van der Waals surface area contributed by atoms with Crippen LogP contribution in [0.2, 0.25) is 0 Å². The molecule has 12 heteroatoms. The Kier molecular flexibility index (Phi) is 28.3. The van der Waals surface area contributed by atoms with Gasteiger partial charge in [0.25, 0.3) is 5.91 Å². The molecule has 1 aromatic heterocycles. The van der Waals surface area contributed by atoms with Gasteiger partial charge in [-0.05, 0) is 31.6 Å². The van der Waals surface area contributed by atoms with Crippen LogP contribution >= 0.6 is 0 Å². The Morgan fingerprint density at radius 2 is 1.41 bits per heavy atom. The van der Waals surface area contributed by atoms with Crippen LogP contribution in [0.3, 0.4) is 0 Å². The third kappa shape index (κ3) is 22.5. The van der Waals surface area contributed by atoms with E-state index >= 15 is 0 Å². The van der Waals surface area contributed by atoms with Crippen molar-refractivity contribution in [2.75, 3.05) is 19.6 Å². The lowest BCUT2D eigenvalue weighted by Gasteiger charge is -2.27. The second-order valence-corrected chi connectivity index (χ2v) is 12.9. The largest absolute Gasteiger partial charge is 0.347 e. The van der Waals surface area contributed by atoms with E-state index in [-0.39, 0.29) is 18.2 Å². The number of amides is 4. The maximum atomic E-state index is 12.8. The Hall–Kier alpha value is -3.70. The summed E-state index contributed by atoms with van der Waals surface area (Å²) < 4.78 is 0. The van der Waals surface area contributed by atoms with Gasteiger partial charge in [0.2, 0.25) is 23.5 Å². The van der Waals surface area contributed by atoms with Gasteiger partial charge in [-0.15, -0.1) is 0 Å². The quantitative estimate of drug-likeness (QED) is 0.152. The fraction of sp³-hybridized carbons (Fsp3) is 0.730. The molecule has 2 unspecified atom stereocenters. The minimum Gasteiger partial charge on any atom is -0.347 e. The van der Waals surface area contributed by atoms with Crippen LogP contribution in [-0.4, -0.2) is 81.8 Å². The first-order valence-corrected chi connectivity index (χ1v) is 18.2. The normalized spacial score (nSPS) is 15.2. The molecule has 0 bridgehead atoms. The van der Waals surface area contributed by atoms with Crippen LogP contribution in [0.5, 0.6) is 0 Å². The topological polar surface area (TPSA) is 168 Å². The van der Waals surface area contributed by atoms with Crippen molar-refractivity contribution >= 4 is 35.2 Å². The number of nitrogens with one attached hydrogen (secondary N) is 3. The van der Waals surface area contributed by atoms with E-state index in [1.165, 1.54) is 75.4 Å². The van der Waals surface area contributed by atoms with Gasteiger partial charge in [0.1, 0.15) is 17.8 Å². The van der Waals surface area contributed by atoms with Gasteiger partial charge in [0.15, 0.2) is 5.78 Å². The molecule has 0 radical (unpaired) electrons. The molecule has 12 nitrogen and oxygen atoms in total. The highest BCUT2D eigenvalue weighted by atomic mass is 16.2. The number of likely N-dealkylation sites (tertiary alicyclic amines) is 1. The highest BCUT2D eigenvalue weighted by molar-refractivity contribution is 6.37. The van der Waals surface area contributed by atoms with Gasteiger partial charge < -0.3 is 20.9 Å². The molecule has 49 heavy (non-hydrogen) atoms. The fourth-order valence-corrected chi connectivity index (χ4v) is 4.58. The smallest absolute Gasteiger partial charge is 0.272 e. The van der Waals surface area contributed by atoms with Crippen molar-refractivity contribution in [3.63, 3.8) is 0 Å². The Balaban J connectivity index is 0. The van der Waals surface area contributed by atoms with Crippen molar-refractivity contribution in [3.8, 4) is 0 Å². The van der Waals surface area contributed by atoms with Crippen molar-refractivity contribution < 1.29 is 28.8 Å². The van der Waals surface area contributed by atoms with Gasteiger partial charge in [0.05, 0.1) is 19.3 Å². The van der Waals surface area contributed by atoms with Gasteiger partial charge in [-0.3, -0.25) is 33.8 Å². The number of aromatic nitrogens is 2. The minimum atomic E-state index is -0.939. The van der Waals surface area contributed by atoms with Crippen molar-refractivity contribution in [2.24, 2.45) is 11.8 Å². The number of unbranched alkanes of at least 4 members (excludes halogenated alkanes) is 5. The van der Waals surface area contributed by atoms with Gasteiger partial charge in [-0.1, -0.05) is 107 Å². The zero-order valence-corrected chi connectivity index (χ0v) is 32.0. The molecule has 2 heterocycles. The molecule has 4 amide bonds. The highest BCUT2D eigenvalue weighted by Gasteiger charge is 2.41. The molecular formula is C37H66N6O6. The summed E-state index contributed by atoms with van der Waals surface area (Å²) in [6, 6.07) is -1.73. The number of hydrogen-bond acceptors (Lipinski definition) is 8. The molecule has 1 aromatic rings. The molecule has 3 N–H and O–H groups in total. The zero-order valence-electron chi connectivity index (χ0n) is 32.0. The Morgan fingerprint density at radius 3 is 1.88 bits per heavy atom. The summed E-state index contributed by atoms with van der Waals surface area (Å²) in [5, 5.41) is 7.40. The van der Waals surface area contributed by atoms with Gasteiger partial charge in [0, 0.05) is 25.9 Å². The van der Waals surface area contributed by atoms with Gasteiger partial charge >= 0.3 is 0 Å². The van der Waals surface area contributed by atoms with Crippen LogP contribution in [0.25, 0.3) is 0 Å². The van der Waals surface area contributed by atoms with E-state index in [0.29, 0.717) is 19.4 Å². The monoisotopic (exact) mass is 691 g/mol. The summed E-state index contributed by atoms with van der Waals surface area (Å²) in [6.07, 6.45) is 15.9. The molecule has 2 rings (SSSR count). The summed E-state index contributed by atoms with van der Waals surface area (Å²) in [7, 11) is 0. The molecule has 1 aliphatic rings. The summed E-state index contributed by atoms with van der Waals surface area (Å²) in [5.74, 6) is -2.77. The van der Waals surface area contributed by atoms with Crippen molar-refractivity contribution in [2.45, 2.75) is 146 Å². The number of hydrogen-bond donors (Lipinski definition) is 3. The lowest BCUT2D eigenvalue weighted by molar-refractivity contribution is -0.140. The van der Waals surface area contributed by atoms with E-state index in [9.17, 15) is 28.8 Å². The van der Waals surface area contributed by atoms with Gasteiger partial charge in [-0.2, -0.15) is 0 Å². The Bertz CT molecular complexity index is 1090. The molecule has 3 atom stereocenters. The van der Waals surface area contributed by atoms with Crippen molar-refractivity contribution in [1.29, 1.82) is 0 Å². The van der Waals surface area contributed by atoms with Crippen LogP contribution in [-0.2, 0) is 24.0 Å². The first kappa shape index (κ1) is 47.4. The van der Waals surface area contributed by atoms with Crippen molar-refractivity contribution in [1.82, 2.24) is 30.8 Å². The predicted molar refractivity (Wildman–Crippen MR) is 195 cm³/mol. The number of rotatable bonds is 16. The summed E-state index contributed by atoms with van der Waals surface area (Å²) >= 11 is 0. The van der Waals surface area contributed by atoms with Crippen LogP contribution in [0.15, 0.2) is 18.6 Å². The molecule has 0 aliphatic carbocycles. The number of nitrogens with zero attached hydrogens (tertiary/aromatic N) is 3. The van der Waals surface area contributed by atoms with Crippen molar-refractivity contribution in [3.05, 3.63) is 24.3 Å². The lowest BCUT2D eigenvalue weighted by Crippen LogP contribution is -2.53. The van der Waals surface area contributed by atoms with Crippen LogP contribution in [0.1, 0.15) is 144 Å². The van der Waals surface area contributed by atoms with Crippen LogP contribution in [0.4, 0.5) is 0 Å². The molecular weight excluding hydrogens is 624 g/mol. The molecule has 1 saturated heterocycles. The van der Waals surface area contributed by atoms with Crippen LogP contribution < -0.4 is 16.0 Å². The van der Waals surface area contributed by atoms with E-state index in [1.54, 1.807) is 0 Å². The fourth-order valence-electron chi connectivity index (χ4n) is 4.58. The van der Waals surface area contributed by atoms with E-state index < -0.39 is 53.8 Å². The Labute approximate surface area is 295 Å². The first-order chi connectivity index (χ1) is 23.2. The summed E-state index contributed by atoms with van der Waals surface area (Å²) in [4.78, 5) is 81.8. The van der Waals surface area contributed by atoms with E-state index in [2.05, 4.69) is 74.4 Å². The number of ketones is 2. The predicted octanol–water partition coefficient (Wildman–Crippen LogP) is 5.45. The standard InChI is InChI=1S/C22H30N6O6.C8H18.C4H10.C3H8/c1-4-5-15-6-9-28(19(15)22(34)25-11-17(30)14(3)29)18(31)12-26-20(32)13(2)27-21(33)16-10-23-7-8-24-16;1-3-5-7-8-6-4-2;1-4(2)3;1-3-2/h7-8,10,13,15,19H,4-6,9,11-12H2,1-3H3,(H,25,34)(H,26,32)(H,27,33);3-8H2,1-2H3;4H,1-3H3;3H2,1-2H3/t13?,15-,19?;;;/m0.../s1. The molecule has 0 saturated carbocycles. The minimum absolute atomic E-state index is 0.0503. The van der Waals surface area contributed by atoms with E-state index in [0.717, 1.165) is 19.3 Å². The lowest BCUT2D eigenvalue weighted by atomic mass is 9.94. The first-order valence-electron chi connectivity index (χ1n) is 18.2. The zero-order chi connectivity index (χ0) is 37.8. The second-order valence-electron chi connectivity index (χ2n) is 12.9. The van der Waals surface area contributed by atoms with E-state index in [4.69, 9.17) is 0 Å². The van der Waals surface area contributed by atoms with E-state index in [1.807, 2.05) is 6.92 Å². The molecule has 1 aliphatic heterocycles. The Morgan fingerprint density at radius 1 is 0.837 bits per heavy atom. The maximum Gasteiger partial charge on any atom is 0.272 e. The third-order valence-corrected chi connectivity index (χ3v) is 7.00. The second kappa shape index (κ2) is 29.2. The molecule has 0 spiro atoms. The average molecular weight is 691 g/mol. The van der Waals surface area contributed by atoms with Crippen LogP contribution in [0, 0.1) is 11.8 Å². The van der Waals surface area contributed by atoms with Gasteiger partial charge in [-0.25, -0.2) is 4.98 Å². The third-order valence-electron chi connectivity index (χ3n) is 7.00. The summed E-state index contributed by atoms with van der Waals surface area (Å²) in [5.41, 5.74) is 0.0503. The number of Topliss-reactive ketones (excluding diaryl/α,β-unsaturated/α-hetero) is 2. The molecule has 280 valence electrons. The average Bonchev–Trinajstić information content (AvgIpc) is 3.49. The SMILES string of the molecule is CC(C)C.CCC.CCCCCCCC.CCC[C@H]1CCN(C(=O)CNC(=O)C(C)NC(=O)c2cnccn2)C1C(=O)NCC(=O)C(C)=O. The molecule has 0 aromatic carbocycles. The number of carbonyl (C=O) groups is 6. The number of carbonyl (C=O) groups excluding carboxylic acids is 6.